The standard InChI is InChI=1S/C15H10ClNO5S/c1-20-7-2-3-9-8(6-7)12(14(18)22-15(17)19)13(21-9)10-4-5-11(16)23-10/h2-6H,1H3,(H2,17,19). The highest BCUT2D eigenvalue weighted by Crippen LogP contribution is 2.39. The summed E-state index contributed by atoms with van der Waals surface area (Å²) in [6.45, 7) is 0. The first-order chi connectivity index (χ1) is 11.0. The minimum absolute atomic E-state index is 0.0937. The van der Waals surface area contributed by atoms with Crippen molar-refractivity contribution >= 4 is 46.0 Å². The molecule has 0 radical (unpaired) electrons. The third-order valence-electron chi connectivity index (χ3n) is 3.09. The van der Waals surface area contributed by atoms with Gasteiger partial charge in [-0.2, -0.15) is 0 Å². The molecule has 0 spiro atoms. The minimum atomic E-state index is -1.19. The van der Waals surface area contributed by atoms with Gasteiger partial charge >= 0.3 is 12.1 Å². The number of methoxy groups -OCH3 is 1. The van der Waals surface area contributed by atoms with Gasteiger partial charge in [0.1, 0.15) is 16.9 Å². The van der Waals surface area contributed by atoms with Crippen molar-refractivity contribution in [3.05, 3.63) is 40.2 Å². The maximum atomic E-state index is 12.3. The van der Waals surface area contributed by atoms with Crippen molar-refractivity contribution < 1.29 is 23.5 Å². The Labute approximate surface area is 139 Å². The van der Waals surface area contributed by atoms with E-state index in [1.807, 2.05) is 0 Å². The highest BCUT2D eigenvalue weighted by Gasteiger charge is 2.26. The van der Waals surface area contributed by atoms with Crippen LogP contribution < -0.4 is 10.5 Å². The highest BCUT2D eigenvalue weighted by molar-refractivity contribution is 7.19. The van der Waals surface area contributed by atoms with Gasteiger partial charge in [-0.25, -0.2) is 9.59 Å². The summed E-state index contributed by atoms with van der Waals surface area (Å²) in [6.07, 6.45) is -1.19. The molecule has 1 amide bonds. The molecular formula is C15H10ClNO5S. The van der Waals surface area contributed by atoms with E-state index in [0.717, 1.165) is 0 Å². The van der Waals surface area contributed by atoms with Crippen LogP contribution in [-0.4, -0.2) is 19.2 Å². The van der Waals surface area contributed by atoms with E-state index < -0.39 is 12.1 Å². The summed E-state index contributed by atoms with van der Waals surface area (Å²) in [7, 11) is 1.50. The molecule has 8 heteroatoms. The average molecular weight is 352 g/mol. The quantitative estimate of drug-likeness (QED) is 0.567. The number of fused-ring (bicyclic) bond motifs is 1. The van der Waals surface area contributed by atoms with Crippen molar-refractivity contribution in [3.63, 3.8) is 0 Å². The molecule has 0 bridgehead atoms. The van der Waals surface area contributed by atoms with E-state index in [1.165, 1.54) is 18.4 Å². The van der Waals surface area contributed by atoms with E-state index in [-0.39, 0.29) is 11.3 Å². The number of benzene rings is 1. The number of furan rings is 1. The number of rotatable bonds is 3. The molecule has 0 saturated carbocycles. The van der Waals surface area contributed by atoms with Gasteiger partial charge in [0, 0.05) is 5.39 Å². The highest BCUT2D eigenvalue weighted by atomic mass is 35.5. The summed E-state index contributed by atoms with van der Waals surface area (Å²) >= 11 is 7.17. The zero-order valence-corrected chi connectivity index (χ0v) is 13.4. The van der Waals surface area contributed by atoms with Crippen LogP contribution in [0.3, 0.4) is 0 Å². The first-order valence-corrected chi connectivity index (χ1v) is 7.57. The second kappa shape index (κ2) is 5.94. The normalized spacial score (nSPS) is 10.7. The molecule has 0 atom stereocenters. The van der Waals surface area contributed by atoms with Crippen molar-refractivity contribution in [1.82, 2.24) is 0 Å². The van der Waals surface area contributed by atoms with Crippen molar-refractivity contribution in [2.24, 2.45) is 5.73 Å². The molecule has 0 aliphatic heterocycles. The fourth-order valence-corrected chi connectivity index (χ4v) is 3.19. The van der Waals surface area contributed by atoms with Gasteiger partial charge in [0.25, 0.3) is 0 Å². The van der Waals surface area contributed by atoms with Crippen molar-refractivity contribution in [3.8, 4) is 16.4 Å². The molecule has 0 fully saturated rings. The fourth-order valence-electron chi connectivity index (χ4n) is 2.16. The van der Waals surface area contributed by atoms with Crippen LogP contribution >= 0.6 is 22.9 Å². The Hall–Kier alpha value is -2.51. The van der Waals surface area contributed by atoms with E-state index in [9.17, 15) is 9.59 Å². The monoisotopic (exact) mass is 351 g/mol. The van der Waals surface area contributed by atoms with E-state index in [0.29, 0.717) is 25.9 Å². The molecule has 2 heterocycles. The summed E-state index contributed by atoms with van der Waals surface area (Å²) in [5.74, 6) is -0.109. The third-order valence-corrected chi connectivity index (χ3v) is 4.32. The lowest BCUT2D eigenvalue weighted by molar-refractivity contribution is 0.0640. The van der Waals surface area contributed by atoms with Crippen LogP contribution in [0.5, 0.6) is 5.75 Å². The van der Waals surface area contributed by atoms with E-state index >= 15 is 0 Å². The molecular weight excluding hydrogens is 342 g/mol. The molecule has 0 aliphatic rings. The molecule has 2 aromatic heterocycles. The number of amides is 1. The Morgan fingerprint density at radius 1 is 1.26 bits per heavy atom. The maximum absolute atomic E-state index is 12.3. The van der Waals surface area contributed by atoms with Gasteiger partial charge in [-0.1, -0.05) is 11.6 Å². The predicted octanol–water partition coefficient (Wildman–Crippen LogP) is 4.06. The van der Waals surface area contributed by atoms with Crippen molar-refractivity contribution in [2.75, 3.05) is 7.11 Å². The number of nitrogens with two attached hydrogens (primary N) is 1. The zero-order chi connectivity index (χ0) is 16.6. The van der Waals surface area contributed by atoms with Crippen LogP contribution in [0.4, 0.5) is 4.79 Å². The maximum Gasteiger partial charge on any atom is 0.412 e. The Bertz CT molecular complexity index is 914. The predicted molar refractivity (Wildman–Crippen MR) is 86.1 cm³/mol. The largest absolute Gasteiger partial charge is 0.497 e. The summed E-state index contributed by atoms with van der Waals surface area (Å²) in [4.78, 5) is 23.8. The number of primary amides is 1. The molecule has 3 rings (SSSR count). The Kier molecular flexibility index (Phi) is 3.97. The SMILES string of the molecule is COc1ccc2oc(-c3ccc(Cl)s3)c(C(=O)OC(N)=O)c2c1. The summed E-state index contributed by atoms with van der Waals surface area (Å²) in [6, 6.07) is 8.37. The van der Waals surface area contributed by atoms with Gasteiger partial charge in [0.2, 0.25) is 0 Å². The molecule has 2 N–H and O–H groups in total. The summed E-state index contributed by atoms with van der Waals surface area (Å²) in [5.41, 5.74) is 5.48. The number of hydrogen-bond donors (Lipinski definition) is 1. The lowest BCUT2D eigenvalue weighted by Gasteiger charge is -2.01. The third kappa shape index (κ3) is 2.88. The average Bonchev–Trinajstić information content (AvgIpc) is 3.08. The summed E-state index contributed by atoms with van der Waals surface area (Å²) in [5, 5.41) is 0.454. The van der Waals surface area contributed by atoms with Crippen LogP contribution in [-0.2, 0) is 4.74 Å². The number of thiophene rings is 1. The van der Waals surface area contributed by atoms with Crippen LogP contribution in [0.25, 0.3) is 21.6 Å². The van der Waals surface area contributed by atoms with Gasteiger partial charge in [0.15, 0.2) is 5.76 Å². The molecule has 0 saturated heterocycles. The first-order valence-electron chi connectivity index (χ1n) is 6.37. The Balaban J connectivity index is 2.25. The second-order valence-corrected chi connectivity index (χ2v) is 6.20. The minimum Gasteiger partial charge on any atom is -0.497 e. The number of halogens is 1. The van der Waals surface area contributed by atoms with E-state index in [4.69, 9.17) is 26.5 Å². The molecule has 0 unspecified atom stereocenters. The number of esters is 1. The summed E-state index contributed by atoms with van der Waals surface area (Å²) < 4.78 is 15.9. The van der Waals surface area contributed by atoms with Crippen LogP contribution in [0.1, 0.15) is 10.4 Å². The van der Waals surface area contributed by atoms with Crippen molar-refractivity contribution in [2.45, 2.75) is 0 Å². The van der Waals surface area contributed by atoms with Gasteiger partial charge < -0.3 is 19.6 Å². The van der Waals surface area contributed by atoms with E-state index in [1.54, 1.807) is 30.3 Å². The molecule has 1 aromatic carbocycles. The van der Waals surface area contributed by atoms with Crippen molar-refractivity contribution in [1.29, 1.82) is 0 Å². The second-order valence-electron chi connectivity index (χ2n) is 4.48. The fraction of sp³-hybridized carbons (Fsp3) is 0.0667. The van der Waals surface area contributed by atoms with E-state index in [2.05, 4.69) is 4.74 Å². The first kappa shape index (κ1) is 15.4. The number of ether oxygens (including phenoxy) is 2. The Morgan fingerprint density at radius 3 is 2.65 bits per heavy atom. The van der Waals surface area contributed by atoms with Crippen LogP contribution in [0, 0.1) is 0 Å². The number of carbonyl (C=O) groups excluding carboxylic acids is 2. The lowest BCUT2D eigenvalue weighted by atomic mass is 10.1. The van der Waals surface area contributed by atoms with Crippen LogP contribution in [0.2, 0.25) is 4.34 Å². The molecule has 23 heavy (non-hydrogen) atoms. The van der Waals surface area contributed by atoms with Crippen LogP contribution in [0.15, 0.2) is 34.7 Å². The number of hydrogen-bond acceptors (Lipinski definition) is 6. The van der Waals surface area contributed by atoms with Gasteiger partial charge in [-0.15, -0.1) is 11.3 Å². The molecule has 0 aliphatic carbocycles. The zero-order valence-electron chi connectivity index (χ0n) is 11.8. The van der Waals surface area contributed by atoms with Gasteiger partial charge in [-0.05, 0) is 30.3 Å². The Morgan fingerprint density at radius 2 is 2.04 bits per heavy atom. The number of carbonyl (C=O) groups is 2. The smallest absolute Gasteiger partial charge is 0.412 e. The topological polar surface area (TPSA) is 91.8 Å². The van der Waals surface area contributed by atoms with Gasteiger partial charge in [-0.3, -0.25) is 0 Å². The molecule has 6 nitrogen and oxygen atoms in total. The van der Waals surface area contributed by atoms with Gasteiger partial charge in [0.05, 0.1) is 16.3 Å². The molecule has 3 aromatic rings. The lowest BCUT2D eigenvalue weighted by Crippen LogP contribution is -2.18. The molecule has 118 valence electrons.